The molecule has 148 valence electrons. The molecule has 1 aliphatic heterocycles. The topological polar surface area (TPSA) is 75.9 Å². The number of ether oxygens (including phenoxy) is 1. The largest absolute Gasteiger partial charge is 0.481 e. The zero-order valence-electron chi connectivity index (χ0n) is 14.6. The highest BCUT2D eigenvalue weighted by atomic mass is 79.9. The molecule has 7 nitrogen and oxygen atoms in total. The van der Waals surface area contributed by atoms with Gasteiger partial charge in [-0.1, -0.05) is 27.5 Å². The summed E-state index contributed by atoms with van der Waals surface area (Å²) in [5, 5.41) is 11.6. The summed E-state index contributed by atoms with van der Waals surface area (Å²) in [6.07, 6.45) is 0. The van der Waals surface area contributed by atoms with Gasteiger partial charge >= 0.3 is 0 Å². The van der Waals surface area contributed by atoms with E-state index < -0.39 is 10.7 Å². The Morgan fingerprint density at radius 2 is 1.93 bits per heavy atom. The number of nitro groups is 1. The summed E-state index contributed by atoms with van der Waals surface area (Å²) in [7, 11) is 0. The number of anilines is 1. The lowest BCUT2D eigenvalue weighted by molar-refractivity contribution is -0.384. The molecule has 1 saturated heterocycles. The molecule has 0 N–H and O–H groups in total. The zero-order chi connectivity index (χ0) is 20.3. The van der Waals surface area contributed by atoms with Crippen LogP contribution >= 0.6 is 27.5 Å². The summed E-state index contributed by atoms with van der Waals surface area (Å²) >= 11 is 9.01. The number of amides is 1. The fraction of sp³-hybridized carbons (Fsp3) is 0.278. The highest BCUT2D eigenvalue weighted by Gasteiger charge is 2.26. The molecule has 0 saturated carbocycles. The molecule has 0 bridgehead atoms. The average Bonchev–Trinajstić information content (AvgIpc) is 2.67. The van der Waals surface area contributed by atoms with E-state index in [0.29, 0.717) is 41.4 Å². The second kappa shape index (κ2) is 8.74. The smallest absolute Gasteiger partial charge is 0.294 e. The predicted molar refractivity (Wildman–Crippen MR) is 106 cm³/mol. The molecule has 1 amide bonds. The molecule has 0 unspecified atom stereocenters. The number of benzene rings is 2. The third-order valence-electron chi connectivity index (χ3n) is 4.35. The van der Waals surface area contributed by atoms with Gasteiger partial charge in [-0.05, 0) is 30.3 Å². The number of carbonyl (C=O) groups excluding carboxylic acids is 1. The monoisotopic (exact) mass is 471 g/mol. The molecule has 0 radical (unpaired) electrons. The van der Waals surface area contributed by atoms with Crippen LogP contribution < -0.4 is 9.64 Å². The van der Waals surface area contributed by atoms with Crippen molar-refractivity contribution in [3.63, 3.8) is 0 Å². The van der Waals surface area contributed by atoms with E-state index >= 15 is 0 Å². The first-order valence-electron chi connectivity index (χ1n) is 8.39. The van der Waals surface area contributed by atoms with Crippen molar-refractivity contribution in [3.05, 3.63) is 61.8 Å². The van der Waals surface area contributed by atoms with Crippen molar-refractivity contribution in [1.82, 2.24) is 4.90 Å². The number of hydrogen-bond donors (Lipinski definition) is 0. The summed E-state index contributed by atoms with van der Waals surface area (Å²) in [6.45, 7) is 1.34. The van der Waals surface area contributed by atoms with Crippen LogP contribution in [0.15, 0.2) is 40.9 Å². The van der Waals surface area contributed by atoms with Crippen molar-refractivity contribution in [2.75, 3.05) is 37.7 Å². The highest BCUT2D eigenvalue weighted by Crippen LogP contribution is 2.31. The van der Waals surface area contributed by atoms with E-state index in [1.165, 1.54) is 18.2 Å². The van der Waals surface area contributed by atoms with Crippen molar-refractivity contribution in [2.24, 2.45) is 0 Å². The van der Waals surface area contributed by atoms with Gasteiger partial charge in [-0.25, -0.2) is 4.39 Å². The fourth-order valence-corrected chi connectivity index (χ4v) is 3.43. The van der Waals surface area contributed by atoms with E-state index in [0.717, 1.165) is 0 Å². The van der Waals surface area contributed by atoms with E-state index in [1.807, 2.05) is 4.90 Å². The minimum Gasteiger partial charge on any atom is -0.481 e. The van der Waals surface area contributed by atoms with Gasteiger partial charge in [-0.3, -0.25) is 14.9 Å². The highest BCUT2D eigenvalue weighted by molar-refractivity contribution is 9.10. The molecule has 3 rings (SSSR count). The average molecular weight is 473 g/mol. The van der Waals surface area contributed by atoms with Crippen LogP contribution in [-0.4, -0.2) is 48.5 Å². The Kier molecular flexibility index (Phi) is 6.35. The minimum absolute atomic E-state index is 0.00646. The molecule has 2 aromatic rings. The number of nitrogens with zero attached hydrogens (tertiary/aromatic N) is 3. The molecule has 0 aromatic heterocycles. The van der Waals surface area contributed by atoms with Crippen LogP contribution in [0.25, 0.3) is 0 Å². The van der Waals surface area contributed by atoms with Crippen molar-refractivity contribution in [1.29, 1.82) is 0 Å². The van der Waals surface area contributed by atoms with Gasteiger partial charge in [0.2, 0.25) is 0 Å². The van der Waals surface area contributed by atoms with Crippen molar-refractivity contribution in [2.45, 2.75) is 0 Å². The van der Waals surface area contributed by atoms with Gasteiger partial charge in [0, 0.05) is 41.7 Å². The van der Waals surface area contributed by atoms with Gasteiger partial charge in [-0.15, -0.1) is 0 Å². The number of halogens is 3. The Bertz CT molecular complexity index is 906. The maximum absolute atomic E-state index is 13.8. The van der Waals surface area contributed by atoms with Crippen LogP contribution in [0.1, 0.15) is 0 Å². The van der Waals surface area contributed by atoms with E-state index in [-0.39, 0.29) is 24.0 Å². The Hall–Kier alpha value is -2.39. The first-order valence-corrected chi connectivity index (χ1v) is 9.57. The molecule has 0 atom stereocenters. The molecule has 1 fully saturated rings. The second-order valence-corrected chi connectivity index (χ2v) is 7.47. The van der Waals surface area contributed by atoms with Crippen LogP contribution in [0.2, 0.25) is 5.02 Å². The SMILES string of the molecule is O=C(COc1ccc(Br)cc1F)N1CCN(c2ccc(Cl)cc2[N+](=O)[O-])CC1. The summed E-state index contributed by atoms with van der Waals surface area (Å²) in [6, 6.07) is 8.86. The predicted octanol–water partition coefficient (Wildman–Crippen LogP) is 3.88. The van der Waals surface area contributed by atoms with E-state index in [2.05, 4.69) is 15.9 Å². The Balaban J connectivity index is 1.58. The lowest BCUT2D eigenvalue weighted by atomic mass is 10.2. The third-order valence-corrected chi connectivity index (χ3v) is 5.08. The Morgan fingerprint density at radius 1 is 1.21 bits per heavy atom. The van der Waals surface area contributed by atoms with Crippen LogP contribution in [0.4, 0.5) is 15.8 Å². The van der Waals surface area contributed by atoms with Gasteiger partial charge in [-0.2, -0.15) is 0 Å². The minimum atomic E-state index is -0.554. The fourth-order valence-electron chi connectivity index (χ4n) is 2.93. The summed E-state index contributed by atoms with van der Waals surface area (Å²) in [5.74, 6) is -0.818. The number of carbonyl (C=O) groups is 1. The number of piperazine rings is 1. The Morgan fingerprint density at radius 3 is 2.57 bits per heavy atom. The molecule has 1 aliphatic rings. The Labute approximate surface area is 173 Å². The maximum Gasteiger partial charge on any atom is 0.294 e. The molecular formula is C18H16BrClFN3O4. The summed E-state index contributed by atoms with van der Waals surface area (Å²) in [4.78, 5) is 26.6. The van der Waals surface area contributed by atoms with Crippen molar-refractivity contribution < 1.29 is 18.8 Å². The third kappa shape index (κ3) is 4.71. The van der Waals surface area contributed by atoms with E-state index in [9.17, 15) is 19.3 Å². The summed E-state index contributed by atoms with van der Waals surface area (Å²) < 4.78 is 19.6. The van der Waals surface area contributed by atoms with Gasteiger partial charge < -0.3 is 14.5 Å². The van der Waals surface area contributed by atoms with Crippen LogP contribution in [0.5, 0.6) is 5.75 Å². The van der Waals surface area contributed by atoms with Gasteiger partial charge in [0.25, 0.3) is 11.6 Å². The standard InChI is InChI=1S/C18H16BrClFN3O4/c19-12-1-4-17(14(21)9-12)28-11-18(25)23-7-5-22(6-8-23)15-3-2-13(20)10-16(15)24(26)27/h1-4,9-10H,5-8,11H2. The van der Waals surface area contributed by atoms with E-state index in [1.54, 1.807) is 23.1 Å². The first-order chi connectivity index (χ1) is 13.3. The lowest BCUT2D eigenvalue weighted by Crippen LogP contribution is -2.50. The van der Waals surface area contributed by atoms with Gasteiger partial charge in [0.05, 0.1) is 4.92 Å². The molecule has 0 aliphatic carbocycles. The van der Waals surface area contributed by atoms with Crippen LogP contribution in [0, 0.1) is 15.9 Å². The van der Waals surface area contributed by atoms with Crippen molar-refractivity contribution in [3.8, 4) is 5.75 Å². The molecule has 2 aromatic carbocycles. The first kappa shape index (κ1) is 20.3. The van der Waals surface area contributed by atoms with Gasteiger partial charge in [0.15, 0.2) is 18.2 Å². The number of rotatable bonds is 5. The quantitative estimate of drug-likeness (QED) is 0.488. The molecule has 1 heterocycles. The summed E-state index contributed by atoms with van der Waals surface area (Å²) in [5.41, 5.74) is 0.399. The molecular weight excluding hydrogens is 457 g/mol. The van der Waals surface area contributed by atoms with Gasteiger partial charge in [0.1, 0.15) is 5.69 Å². The number of hydrogen-bond acceptors (Lipinski definition) is 5. The van der Waals surface area contributed by atoms with Crippen molar-refractivity contribution >= 4 is 44.8 Å². The lowest BCUT2D eigenvalue weighted by Gasteiger charge is -2.35. The second-order valence-electron chi connectivity index (χ2n) is 6.12. The normalized spacial score (nSPS) is 14.1. The van der Waals surface area contributed by atoms with Crippen LogP contribution in [-0.2, 0) is 4.79 Å². The molecule has 10 heteroatoms. The zero-order valence-corrected chi connectivity index (χ0v) is 17.0. The molecule has 0 spiro atoms. The van der Waals surface area contributed by atoms with E-state index in [4.69, 9.17) is 16.3 Å². The van der Waals surface area contributed by atoms with Crippen LogP contribution in [0.3, 0.4) is 0 Å². The maximum atomic E-state index is 13.8. The number of nitro benzene ring substituents is 1. The molecule has 28 heavy (non-hydrogen) atoms.